The molecule has 0 unspecified atom stereocenters. The van der Waals surface area contributed by atoms with E-state index in [1.807, 2.05) is 20.8 Å². The zero-order valence-corrected chi connectivity index (χ0v) is 14.7. The zero-order valence-electron chi connectivity index (χ0n) is 13.8. The standard InChI is InChI=1S/C17H22N4OS/c1-6-8-18-15-13-12(5)14(23-16(13)20-10-19-15)17(22)21(7-2)9-11(3)4/h6,10H,1,3,7-9H2,2,4-5H3,(H,18,19,20). The smallest absolute Gasteiger partial charge is 0.264 e. The van der Waals surface area contributed by atoms with E-state index in [0.29, 0.717) is 24.5 Å². The van der Waals surface area contributed by atoms with Gasteiger partial charge in [-0.25, -0.2) is 9.97 Å². The Balaban J connectivity index is 2.45. The summed E-state index contributed by atoms with van der Waals surface area (Å²) in [5, 5.41) is 4.12. The number of anilines is 1. The molecule has 23 heavy (non-hydrogen) atoms. The number of fused-ring (bicyclic) bond motifs is 1. The lowest BCUT2D eigenvalue weighted by Crippen LogP contribution is -2.31. The second-order valence-electron chi connectivity index (χ2n) is 5.40. The molecule has 122 valence electrons. The molecule has 2 heterocycles. The molecule has 0 aliphatic rings. The molecule has 6 heteroatoms. The van der Waals surface area contributed by atoms with Crippen LogP contribution in [0.3, 0.4) is 0 Å². The molecular formula is C17H22N4OS. The number of rotatable bonds is 7. The number of aromatic nitrogens is 2. The fourth-order valence-corrected chi connectivity index (χ4v) is 3.49. The van der Waals surface area contributed by atoms with Crippen LogP contribution < -0.4 is 5.32 Å². The molecule has 0 aromatic carbocycles. The molecule has 2 rings (SSSR count). The number of nitrogens with one attached hydrogen (secondary N) is 1. The van der Waals surface area contributed by atoms with Gasteiger partial charge in [-0.15, -0.1) is 17.9 Å². The van der Waals surface area contributed by atoms with E-state index < -0.39 is 0 Å². The lowest BCUT2D eigenvalue weighted by molar-refractivity contribution is 0.0782. The van der Waals surface area contributed by atoms with Crippen LogP contribution in [0.1, 0.15) is 29.1 Å². The van der Waals surface area contributed by atoms with Crippen molar-refractivity contribution in [2.75, 3.05) is 25.0 Å². The second kappa shape index (κ2) is 7.37. The fourth-order valence-electron chi connectivity index (χ4n) is 2.38. The molecule has 0 radical (unpaired) electrons. The molecule has 2 aromatic rings. The van der Waals surface area contributed by atoms with Gasteiger partial charge in [-0.1, -0.05) is 18.2 Å². The van der Waals surface area contributed by atoms with Gasteiger partial charge in [-0.05, 0) is 26.3 Å². The Bertz CT molecular complexity index is 750. The van der Waals surface area contributed by atoms with Gasteiger partial charge in [0.05, 0.1) is 10.3 Å². The molecule has 0 aliphatic heterocycles. The van der Waals surface area contributed by atoms with E-state index in [1.165, 1.54) is 17.7 Å². The number of aryl methyl sites for hydroxylation is 1. The quantitative estimate of drug-likeness (QED) is 0.788. The van der Waals surface area contributed by atoms with Crippen LogP contribution in [0.25, 0.3) is 10.2 Å². The number of thiophene rings is 1. The number of carbonyl (C=O) groups excluding carboxylic acids is 1. The van der Waals surface area contributed by atoms with Crippen molar-refractivity contribution >= 4 is 33.3 Å². The van der Waals surface area contributed by atoms with Gasteiger partial charge >= 0.3 is 0 Å². The molecule has 0 saturated carbocycles. The molecule has 0 bridgehead atoms. The van der Waals surface area contributed by atoms with Gasteiger partial charge in [0.15, 0.2) is 0 Å². The topological polar surface area (TPSA) is 58.1 Å². The van der Waals surface area contributed by atoms with Crippen molar-refractivity contribution in [1.82, 2.24) is 14.9 Å². The summed E-state index contributed by atoms with van der Waals surface area (Å²) in [5.74, 6) is 0.760. The van der Waals surface area contributed by atoms with Gasteiger partial charge < -0.3 is 10.2 Å². The maximum Gasteiger partial charge on any atom is 0.264 e. The molecule has 0 atom stereocenters. The molecule has 5 nitrogen and oxygen atoms in total. The number of nitrogens with zero attached hydrogens (tertiary/aromatic N) is 3. The molecule has 2 aromatic heterocycles. The van der Waals surface area contributed by atoms with Crippen molar-refractivity contribution in [1.29, 1.82) is 0 Å². The third-order valence-corrected chi connectivity index (χ3v) is 4.65. The lowest BCUT2D eigenvalue weighted by atomic mass is 10.2. The van der Waals surface area contributed by atoms with Crippen molar-refractivity contribution in [2.45, 2.75) is 20.8 Å². The van der Waals surface area contributed by atoms with Crippen LogP contribution in [-0.2, 0) is 0 Å². The van der Waals surface area contributed by atoms with Gasteiger partial charge in [0.2, 0.25) is 0 Å². The van der Waals surface area contributed by atoms with Gasteiger partial charge in [0.1, 0.15) is 17.0 Å². The SMILES string of the molecule is C=CCNc1ncnc2sc(C(=O)N(CC)CC(=C)C)c(C)c12. The molecule has 0 fully saturated rings. The van der Waals surface area contributed by atoms with E-state index in [2.05, 4.69) is 28.4 Å². The molecule has 0 saturated heterocycles. The van der Waals surface area contributed by atoms with Crippen LogP contribution in [0.2, 0.25) is 0 Å². The van der Waals surface area contributed by atoms with Crippen molar-refractivity contribution in [3.63, 3.8) is 0 Å². The predicted octanol–water partition coefficient (Wildman–Crippen LogP) is 3.64. The second-order valence-corrected chi connectivity index (χ2v) is 6.40. The number of hydrogen-bond donors (Lipinski definition) is 1. The Morgan fingerprint density at radius 2 is 2.22 bits per heavy atom. The first kappa shape index (κ1) is 17.1. The average Bonchev–Trinajstić information content (AvgIpc) is 2.87. The monoisotopic (exact) mass is 330 g/mol. The minimum absolute atomic E-state index is 0.0191. The first-order chi connectivity index (χ1) is 11.0. The number of likely N-dealkylation sites (N-methyl/N-ethyl adjacent to an activating group) is 1. The van der Waals surface area contributed by atoms with Gasteiger partial charge in [0, 0.05) is 19.6 Å². The summed E-state index contributed by atoms with van der Waals surface area (Å²) in [4.78, 5) is 24.8. The van der Waals surface area contributed by atoms with Crippen LogP contribution in [0.4, 0.5) is 5.82 Å². The Hall–Kier alpha value is -2.21. The summed E-state index contributed by atoms with van der Waals surface area (Å²) < 4.78 is 0. The predicted molar refractivity (Wildman–Crippen MR) is 97.2 cm³/mol. The largest absolute Gasteiger partial charge is 0.366 e. The lowest BCUT2D eigenvalue weighted by Gasteiger charge is -2.20. The number of amides is 1. The van der Waals surface area contributed by atoms with Gasteiger partial charge in [0.25, 0.3) is 5.91 Å². The molecule has 1 amide bonds. The Labute approximate surface area is 140 Å². The Morgan fingerprint density at radius 1 is 1.48 bits per heavy atom. The highest BCUT2D eigenvalue weighted by Crippen LogP contribution is 2.34. The summed E-state index contributed by atoms with van der Waals surface area (Å²) in [6.07, 6.45) is 3.29. The zero-order chi connectivity index (χ0) is 17.0. The van der Waals surface area contributed by atoms with Gasteiger partial charge in [-0.2, -0.15) is 0 Å². The summed E-state index contributed by atoms with van der Waals surface area (Å²) in [6, 6.07) is 0. The Morgan fingerprint density at radius 3 is 2.83 bits per heavy atom. The highest BCUT2D eigenvalue weighted by molar-refractivity contribution is 7.20. The fraction of sp³-hybridized carbons (Fsp3) is 0.353. The van der Waals surface area contributed by atoms with Crippen molar-refractivity contribution in [3.8, 4) is 0 Å². The van der Waals surface area contributed by atoms with E-state index in [4.69, 9.17) is 0 Å². The first-order valence-electron chi connectivity index (χ1n) is 7.52. The summed E-state index contributed by atoms with van der Waals surface area (Å²) in [6.45, 7) is 15.3. The van der Waals surface area contributed by atoms with E-state index in [-0.39, 0.29) is 5.91 Å². The van der Waals surface area contributed by atoms with Crippen molar-refractivity contribution in [3.05, 3.63) is 41.6 Å². The van der Waals surface area contributed by atoms with Gasteiger partial charge in [-0.3, -0.25) is 4.79 Å². The normalized spacial score (nSPS) is 10.6. The van der Waals surface area contributed by atoms with Crippen LogP contribution in [0.5, 0.6) is 0 Å². The molecule has 0 spiro atoms. The highest BCUT2D eigenvalue weighted by atomic mass is 32.1. The van der Waals surface area contributed by atoms with E-state index >= 15 is 0 Å². The number of hydrogen-bond acceptors (Lipinski definition) is 5. The van der Waals surface area contributed by atoms with Crippen molar-refractivity contribution in [2.24, 2.45) is 0 Å². The van der Waals surface area contributed by atoms with Crippen LogP contribution in [0, 0.1) is 6.92 Å². The van der Waals surface area contributed by atoms with Crippen LogP contribution in [-0.4, -0.2) is 40.4 Å². The summed E-state index contributed by atoms with van der Waals surface area (Å²) in [5.41, 5.74) is 1.88. The highest BCUT2D eigenvalue weighted by Gasteiger charge is 2.22. The Kier molecular flexibility index (Phi) is 5.50. The summed E-state index contributed by atoms with van der Waals surface area (Å²) >= 11 is 1.41. The third kappa shape index (κ3) is 3.59. The van der Waals surface area contributed by atoms with Crippen molar-refractivity contribution < 1.29 is 4.79 Å². The summed E-state index contributed by atoms with van der Waals surface area (Å²) in [7, 11) is 0. The van der Waals surface area contributed by atoms with E-state index in [9.17, 15) is 4.79 Å². The molecule has 1 N–H and O–H groups in total. The van der Waals surface area contributed by atoms with Crippen LogP contribution in [0.15, 0.2) is 31.1 Å². The number of carbonyl (C=O) groups is 1. The maximum atomic E-state index is 12.8. The first-order valence-corrected chi connectivity index (χ1v) is 8.33. The van der Waals surface area contributed by atoms with Crippen LogP contribution >= 0.6 is 11.3 Å². The minimum Gasteiger partial charge on any atom is -0.366 e. The minimum atomic E-state index is 0.0191. The average molecular weight is 330 g/mol. The molecule has 0 aliphatic carbocycles. The maximum absolute atomic E-state index is 12.8. The van der Waals surface area contributed by atoms with E-state index in [0.717, 1.165) is 27.2 Å². The third-order valence-electron chi connectivity index (χ3n) is 3.46. The molecular weight excluding hydrogens is 308 g/mol. The van der Waals surface area contributed by atoms with E-state index in [1.54, 1.807) is 11.0 Å².